The van der Waals surface area contributed by atoms with Crippen LogP contribution in [0.15, 0.2) is 114 Å². The van der Waals surface area contributed by atoms with E-state index in [0.717, 1.165) is 4.90 Å². The molecule has 1 aliphatic rings. The number of rotatable bonds is 9. The van der Waals surface area contributed by atoms with Crippen LogP contribution in [0.25, 0.3) is 6.08 Å². The molecule has 1 fully saturated rings. The molecule has 0 bridgehead atoms. The molecule has 0 saturated carbocycles. The number of thioether (sulfide) groups is 1. The third kappa shape index (κ3) is 7.14. The average Bonchev–Trinajstić information content (AvgIpc) is 3.30. The average molecular weight is 612 g/mol. The number of carbonyl (C=O) groups excluding carboxylic acids is 4. The highest BCUT2D eigenvalue weighted by molar-refractivity contribution is 8.00. The van der Waals surface area contributed by atoms with Crippen LogP contribution in [-0.2, 0) is 14.4 Å². The number of nitrogens with one attached hydrogen (secondary N) is 2. The van der Waals surface area contributed by atoms with E-state index in [1.807, 2.05) is 0 Å². The first-order valence-electron chi connectivity index (χ1n) is 13.2. The number of benzene rings is 4. The standard InChI is InChI=1S/C33H26ClN3O5S/c1-42-25-15-13-24(14-16-25)37-30(38)20-29(33(37)41)43-26-17-11-23(12-18-26)35-32(40)28(19-22-9-5-6-10-27(22)34)36-31(39)21-7-3-2-4-8-21/h2-19,29H,20H2,1H3,(H,35,40)(H,36,39)/b28-19-. The molecule has 4 aromatic rings. The molecule has 2 N–H and O–H groups in total. The number of imide groups is 1. The number of ether oxygens (including phenoxy) is 1. The summed E-state index contributed by atoms with van der Waals surface area (Å²) in [6.07, 6.45) is 1.59. The van der Waals surface area contributed by atoms with E-state index in [1.54, 1.807) is 110 Å². The second kappa shape index (κ2) is 13.4. The van der Waals surface area contributed by atoms with Crippen LogP contribution in [-0.4, -0.2) is 36.0 Å². The maximum Gasteiger partial charge on any atom is 0.272 e. The molecule has 4 amide bonds. The lowest BCUT2D eigenvalue weighted by Crippen LogP contribution is -2.31. The third-order valence-corrected chi connectivity index (χ3v) is 8.10. The van der Waals surface area contributed by atoms with Crippen LogP contribution in [0.4, 0.5) is 11.4 Å². The van der Waals surface area contributed by atoms with Gasteiger partial charge in [-0.2, -0.15) is 0 Å². The van der Waals surface area contributed by atoms with E-state index in [4.69, 9.17) is 16.3 Å². The van der Waals surface area contributed by atoms with Gasteiger partial charge < -0.3 is 15.4 Å². The molecule has 1 heterocycles. The quantitative estimate of drug-likeness (QED) is 0.173. The van der Waals surface area contributed by atoms with E-state index < -0.39 is 17.1 Å². The molecule has 0 aromatic heterocycles. The summed E-state index contributed by atoms with van der Waals surface area (Å²) in [5.41, 5.74) is 1.94. The lowest BCUT2D eigenvalue weighted by Gasteiger charge is -2.15. The summed E-state index contributed by atoms with van der Waals surface area (Å²) < 4.78 is 5.15. The van der Waals surface area contributed by atoms with Crippen molar-refractivity contribution in [2.75, 3.05) is 17.3 Å². The maximum absolute atomic E-state index is 13.3. The van der Waals surface area contributed by atoms with Crippen molar-refractivity contribution in [1.29, 1.82) is 0 Å². The molecule has 1 aliphatic heterocycles. The monoisotopic (exact) mass is 611 g/mol. The van der Waals surface area contributed by atoms with Crippen LogP contribution in [0.5, 0.6) is 5.75 Å². The van der Waals surface area contributed by atoms with E-state index in [2.05, 4.69) is 10.6 Å². The van der Waals surface area contributed by atoms with Crippen molar-refractivity contribution in [3.63, 3.8) is 0 Å². The second-order valence-corrected chi connectivity index (χ2v) is 11.1. The Morgan fingerprint density at radius 1 is 0.907 bits per heavy atom. The van der Waals surface area contributed by atoms with Crippen LogP contribution >= 0.6 is 23.4 Å². The molecule has 8 nitrogen and oxygen atoms in total. The second-order valence-electron chi connectivity index (χ2n) is 9.45. The smallest absolute Gasteiger partial charge is 0.272 e. The van der Waals surface area contributed by atoms with Crippen molar-refractivity contribution >= 4 is 64.4 Å². The van der Waals surface area contributed by atoms with Gasteiger partial charge in [-0.25, -0.2) is 4.90 Å². The Balaban J connectivity index is 1.27. The van der Waals surface area contributed by atoms with Crippen LogP contribution in [0.2, 0.25) is 5.02 Å². The SMILES string of the molecule is COc1ccc(N2C(=O)CC(Sc3ccc(NC(=O)/C(=C/c4ccccc4Cl)NC(=O)c4ccccc4)cc3)C2=O)cc1. The van der Waals surface area contributed by atoms with Crippen molar-refractivity contribution in [2.45, 2.75) is 16.6 Å². The van der Waals surface area contributed by atoms with Crippen molar-refractivity contribution in [3.8, 4) is 5.75 Å². The minimum Gasteiger partial charge on any atom is -0.497 e. The van der Waals surface area contributed by atoms with Crippen molar-refractivity contribution in [1.82, 2.24) is 5.32 Å². The maximum atomic E-state index is 13.3. The van der Waals surface area contributed by atoms with Gasteiger partial charge in [0.1, 0.15) is 11.4 Å². The number of methoxy groups -OCH3 is 1. The molecule has 0 radical (unpaired) electrons. The number of halogens is 1. The van der Waals surface area contributed by atoms with E-state index >= 15 is 0 Å². The van der Waals surface area contributed by atoms with Crippen LogP contribution in [0.1, 0.15) is 22.3 Å². The Hall–Kier alpha value is -4.86. The first-order valence-corrected chi connectivity index (χ1v) is 14.5. The number of anilines is 2. The van der Waals surface area contributed by atoms with Gasteiger partial charge in [0.05, 0.1) is 18.0 Å². The number of amides is 4. The molecule has 216 valence electrons. The Labute approximate surface area is 257 Å². The van der Waals surface area contributed by atoms with Gasteiger partial charge in [0.25, 0.3) is 11.8 Å². The molecule has 1 unspecified atom stereocenters. The lowest BCUT2D eigenvalue weighted by atomic mass is 10.1. The zero-order valence-corrected chi connectivity index (χ0v) is 24.5. The molecule has 0 spiro atoms. The Morgan fingerprint density at radius 3 is 2.26 bits per heavy atom. The summed E-state index contributed by atoms with van der Waals surface area (Å²) in [6, 6.07) is 29.2. The molecule has 10 heteroatoms. The van der Waals surface area contributed by atoms with Crippen molar-refractivity contribution in [3.05, 3.63) is 125 Å². The van der Waals surface area contributed by atoms with Gasteiger partial charge in [0.2, 0.25) is 11.8 Å². The third-order valence-electron chi connectivity index (χ3n) is 6.56. The summed E-state index contributed by atoms with van der Waals surface area (Å²) in [7, 11) is 1.55. The topological polar surface area (TPSA) is 105 Å². The predicted molar refractivity (Wildman–Crippen MR) is 168 cm³/mol. The predicted octanol–water partition coefficient (Wildman–Crippen LogP) is 6.18. The number of hydrogen-bond acceptors (Lipinski definition) is 6. The molecular weight excluding hydrogens is 586 g/mol. The minimum atomic E-state index is -0.576. The number of hydrogen-bond donors (Lipinski definition) is 2. The van der Waals surface area contributed by atoms with Crippen LogP contribution < -0.4 is 20.3 Å². The van der Waals surface area contributed by atoms with E-state index in [0.29, 0.717) is 33.3 Å². The van der Waals surface area contributed by atoms with Gasteiger partial charge in [0.15, 0.2) is 0 Å². The lowest BCUT2D eigenvalue weighted by molar-refractivity contribution is -0.121. The number of nitrogens with zero attached hydrogens (tertiary/aromatic N) is 1. The van der Waals surface area contributed by atoms with Crippen molar-refractivity contribution in [2.24, 2.45) is 0 Å². The largest absolute Gasteiger partial charge is 0.497 e. The fourth-order valence-corrected chi connectivity index (χ4v) is 5.61. The van der Waals surface area contributed by atoms with Crippen LogP contribution in [0, 0.1) is 0 Å². The fraction of sp³-hybridized carbons (Fsp3) is 0.0909. The zero-order chi connectivity index (χ0) is 30.3. The summed E-state index contributed by atoms with van der Waals surface area (Å²) >= 11 is 7.58. The molecule has 1 atom stereocenters. The fourth-order valence-electron chi connectivity index (χ4n) is 4.37. The van der Waals surface area contributed by atoms with Crippen molar-refractivity contribution < 1.29 is 23.9 Å². The van der Waals surface area contributed by atoms with Gasteiger partial charge in [-0.1, -0.05) is 48.0 Å². The molecule has 1 saturated heterocycles. The first kappa shape index (κ1) is 29.6. The first-order chi connectivity index (χ1) is 20.8. The van der Waals surface area contributed by atoms with Gasteiger partial charge in [-0.05, 0) is 78.4 Å². The normalized spacial score (nSPS) is 14.9. The highest BCUT2D eigenvalue weighted by Gasteiger charge is 2.40. The Bertz CT molecular complexity index is 1690. The van der Waals surface area contributed by atoms with Crippen LogP contribution in [0.3, 0.4) is 0 Å². The van der Waals surface area contributed by atoms with Gasteiger partial charge in [-0.3, -0.25) is 19.2 Å². The zero-order valence-electron chi connectivity index (χ0n) is 23.0. The minimum absolute atomic E-state index is 0.00842. The molecular formula is C33H26ClN3O5S. The molecule has 0 aliphatic carbocycles. The summed E-state index contributed by atoms with van der Waals surface area (Å²) in [5, 5.41) is 5.34. The highest BCUT2D eigenvalue weighted by atomic mass is 35.5. The van der Waals surface area contributed by atoms with E-state index in [-0.39, 0.29) is 23.9 Å². The van der Waals surface area contributed by atoms with Gasteiger partial charge in [-0.15, -0.1) is 11.8 Å². The summed E-state index contributed by atoms with van der Waals surface area (Å²) in [5.74, 6) is -0.921. The Kier molecular flexibility index (Phi) is 9.24. The van der Waals surface area contributed by atoms with E-state index in [9.17, 15) is 19.2 Å². The number of carbonyl (C=O) groups is 4. The summed E-state index contributed by atoms with van der Waals surface area (Å²) in [6.45, 7) is 0. The molecule has 4 aromatic carbocycles. The van der Waals surface area contributed by atoms with Gasteiger partial charge >= 0.3 is 0 Å². The molecule has 43 heavy (non-hydrogen) atoms. The Morgan fingerprint density at radius 2 is 1.58 bits per heavy atom. The van der Waals surface area contributed by atoms with Gasteiger partial charge in [0, 0.05) is 27.6 Å². The molecule has 5 rings (SSSR count). The highest BCUT2D eigenvalue weighted by Crippen LogP contribution is 2.35. The summed E-state index contributed by atoms with van der Waals surface area (Å²) in [4.78, 5) is 53.9. The van der Waals surface area contributed by atoms with E-state index in [1.165, 1.54) is 22.7 Å².